The van der Waals surface area contributed by atoms with E-state index in [4.69, 9.17) is 4.74 Å². The van der Waals surface area contributed by atoms with Crippen LogP contribution in [0.4, 0.5) is 17.6 Å². The predicted octanol–water partition coefficient (Wildman–Crippen LogP) is 3.92. The molecule has 196 valence electrons. The molecule has 0 aromatic carbocycles. The van der Waals surface area contributed by atoms with Gasteiger partial charge in [-0.05, 0) is 38.7 Å². The van der Waals surface area contributed by atoms with Crippen molar-refractivity contribution in [3.63, 3.8) is 0 Å². The van der Waals surface area contributed by atoms with Crippen LogP contribution < -0.4 is 10.3 Å². The molecule has 1 aliphatic carbocycles. The minimum atomic E-state index is -4.25. The number of rotatable bonds is 5. The number of hydrogen-bond acceptors (Lipinski definition) is 6. The first-order valence-electron chi connectivity index (χ1n) is 11.8. The first kappa shape index (κ1) is 24.9. The Morgan fingerprint density at radius 3 is 2.46 bits per heavy atom. The molecule has 4 aromatic rings. The summed E-state index contributed by atoms with van der Waals surface area (Å²) < 4.78 is 65.3. The van der Waals surface area contributed by atoms with Crippen LogP contribution in [0.15, 0.2) is 29.3 Å². The SMILES string of the molecule is Cc1nc(OC2CCC(C(F)(F)F)CC2)c(F)c(-c2nn(Cc3cnn(C)c3)c3ccc(=O)n(C)c23)n1. The summed E-state index contributed by atoms with van der Waals surface area (Å²) in [5, 5.41) is 8.76. The molecule has 1 fully saturated rings. The number of aromatic nitrogens is 7. The molecule has 5 rings (SSSR count). The second-order valence-corrected chi connectivity index (χ2v) is 9.36. The molecule has 0 unspecified atom stereocenters. The van der Waals surface area contributed by atoms with E-state index < -0.39 is 24.0 Å². The van der Waals surface area contributed by atoms with Gasteiger partial charge in [-0.15, -0.1) is 0 Å². The summed E-state index contributed by atoms with van der Waals surface area (Å²) in [5.74, 6) is -2.40. The standard InChI is InChI=1S/C24H25F4N7O2/c1-13-30-20(19(25)23(31-13)37-16-6-4-15(5-7-16)24(26,27)28)21-22-17(8-9-18(36)34(22)3)35(32-21)12-14-10-29-33(2)11-14/h8-11,15-16H,4-7,12H2,1-3H3. The van der Waals surface area contributed by atoms with Crippen LogP contribution in [-0.4, -0.2) is 46.4 Å². The van der Waals surface area contributed by atoms with Crippen molar-refractivity contribution in [1.82, 2.24) is 34.1 Å². The molecular weight excluding hydrogens is 494 g/mol. The van der Waals surface area contributed by atoms with Crippen LogP contribution in [0, 0.1) is 18.7 Å². The quantitative estimate of drug-likeness (QED) is 0.371. The third-order valence-corrected chi connectivity index (χ3v) is 6.68. The molecule has 4 heterocycles. The van der Waals surface area contributed by atoms with Crippen LogP contribution in [0.1, 0.15) is 37.1 Å². The van der Waals surface area contributed by atoms with Crippen LogP contribution in [0.5, 0.6) is 5.88 Å². The zero-order chi connectivity index (χ0) is 26.5. The normalized spacial score (nSPS) is 18.5. The Kier molecular flexibility index (Phi) is 6.24. The predicted molar refractivity (Wildman–Crippen MR) is 125 cm³/mol. The van der Waals surface area contributed by atoms with Gasteiger partial charge in [0.25, 0.3) is 11.4 Å². The van der Waals surface area contributed by atoms with Gasteiger partial charge in [0, 0.05) is 31.9 Å². The highest BCUT2D eigenvalue weighted by Crippen LogP contribution is 2.39. The van der Waals surface area contributed by atoms with E-state index in [9.17, 15) is 18.0 Å². The van der Waals surface area contributed by atoms with E-state index in [1.54, 1.807) is 42.6 Å². The zero-order valence-electron chi connectivity index (χ0n) is 20.5. The van der Waals surface area contributed by atoms with Crippen LogP contribution in [0.2, 0.25) is 0 Å². The summed E-state index contributed by atoms with van der Waals surface area (Å²) in [7, 11) is 3.35. The Morgan fingerprint density at radius 2 is 1.81 bits per heavy atom. The van der Waals surface area contributed by atoms with Crippen molar-refractivity contribution in [1.29, 1.82) is 0 Å². The van der Waals surface area contributed by atoms with Crippen molar-refractivity contribution in [2.24, 2.45) is 20.0 Å². The fraction of sp³-hybridized carbons (Fsp3) is 0.458. The molecular formula is C24H25F4N7O2. The molecule has 1 saturated carbocycles. The Bertz CT molecular complexity index is 1510. The molecule has 1 aliphatic rings. The van der Waals surface area contributed by atoms with Gasteiger partial charge in [0.15, 0.2) is 0 Å². The summed E-state index contributed by atoms with van der Waals surface area (Å²) in [5.41, 5.74) is 1.49. The third kappa shape index (κ3) is 4.81. The summed E-state index contributed by atoms with van der Waals surface area (Å²) in [6.45, 7) is 1.88. The van der Waals surface area contributed by atoms with Crippen molar-refractivity contribution in [2.75, 3.05) is 0 Å². The van der Waals surface area contributed by atoms with Gasteiger partial charge in [0.2, 0.25) is 5.82 Å². The van der Waals surface area contributed by atoms with E-state index in [0.29, 0.717) is 17.6 Å². The Balaban J connectivity index is 1.53. The molecule has 0 aliphatic heterocycles. The number of pyridine rings is 1. The fourth-order valence-electron chi connectivity index (χ4n) is 4.77. The van der Waals surface area contributed by atoms with Gasteiger partial charge in [0.1, 0.15) is 23.3 Å². The number of fused-ring (bicyclic) bond motifs is 1. The topological polar surface area (TPSA) is 92.7 Å². The molecule has 0 N–H and O–H groups in total. The van der Waals surface area contributed by atoms with Crippen LogP contribution >= 0.6 is 0 Å². The maximum absolute atomic E-state index is 15.8. The number of ether oxygens (including phenoxy) is 1. The van der Waals surface area contributed by atoms with Gasteiger partial charge in [-0.25, -0.2) is 4.98 Å². The van der Waals surface area contributed by atoms with Crippen molar-refractivity contribution in [3.8, 4) is 17.3 Å². The monoisotopic (exact) mass is 519 g/mol. The summed E-state index contributed by atoms with van der Waals surface area (Å²) >= 11 is 0. The van der Waals surface area contributed by atoms with Crippen LogP contribution in [0.25, 0.3) is 22.4 Å². The molecule has 0 saturated heterocycles. The number of hydrogen-bond donors (Lipinski definition) is 0. The summed E-state index contributed by atoms with van der Waals surface area (Å²) in [6.07, 6.45) is -1.23. The van der Waals surface area contributed by atoms with E-state index in [1.165, 1.54) is 10.6 Å². The third-order valence-electron chi connectivity index (χ3n) is 6.68. The van der Waals surface area contributed by atoms with Gasteiger partial charge in [0.05, 0.1) is 29.7 Å². The minimum Gasteiger partial charge on any atom is -0.472 e. The van der Waals surface area contributed by atoms with E-state index in [1.807, 2.05) is 6.20 Å². The first-order chi connectivity index (χ1) is 17.5. The lowest BCUT2D eigenvalue weighted by atomic mass is 9.87. The lowest BCUT2D eigenvalue weighted by Gasteiger charge is -2.29. The fourth-order valence-corrected chi connectivity index (χ4v) is 4.77. The van der Waals surface area contributed by atoms with Crippen molar-refractivity contribution < 1.29 is 22.3 Å². The minimum absolute atomic E-state index is 0.0851. The highest BCUT2D eigenvalue weighted by molar-refractivity contribution is 5.89. The highest BCUT2D eigenvalue weighted by Gasteiger charge is 2.42. The van der Waals surface area contributed by atoms with E-state index in [2.05, 4.69) is 20.2 Å². The maximum atomic E-state index is 15.8. The molecule has 0 atom stereocenters. The van der Waals surface area contributed by atoms with Crippen molar-refractivity contribution >= 4 is 11.0 Å². The molecule has 37 heavy (non-hydrogen) atoms. The molecule has 9 nitrogen and oxygen atoms in total. The first-order valence-corrected chi connectivity index (χ1v) is 11.8. The second kappa shape index (κ2) is 9.27. The van der Waals surface area contributed by atoms with E-state index >= 15 is 4.39 Å². The number of halogens is 4. The lowest BCUT2D eigenvalue weighted by Crippen LogP contribution is -2.32. The second-order valence-electron chi connectivity index (χ2n) is 9.36. The van der Waals surface area contributed by atoms with Gasteiger partial charge in [-0.1, -0.05) is 0 Å². The smallest absolute Gasteiger partial charge is 0.391 e. The average molecular weight is 520 g/mol. The summed E-state index contributed by atoms with van der Waals surface area (Å²) in [6, 6.07) is 3.02. The zero-order valence-corrected chi connectivity index (χ0v) is 20.5. The summed E-state index contributed by atoms with van der Waals surface area (Å²) in [4.78, 5) is 20.8. The average Bonchev–Trinajstić information content (AvgIpc) is 3.41. The highest BCUT2D eigenvalue weighted by atomic mass is 19.4. The molecule has 13 heteroatoms. The van der Waals surface area contributed by atoms with Crippen LogP contribution in [0.3, 0.4) is 0 Å². The number of aryl methyl sites for hydroxylation is 3. The van der Waals surface area contributed by atoms with E-state index in [-0.39, 0.29) is 54.3 Å². The van der Waals surface area contributed by atoms with Crippen molar-refractivity contribution in [2.45, 2.75) is 51.4 Å². The molecule has 0 amide bonds. The molecule has 4 aromatic heterocycles. The molecule has 0 bridgehead atoms. The Morgan fingerprint density at radius 1 is 1.08 bits per heavy atom. The Labute approximate surface area is 208 Å². The van der Waals surface area contributed by atoms with Crippen LogP contribution in [-0.2, 0) is 20.6 Å². The van der Waals surface area contributed by atoms with Gasteiger partial charge in [-0.3, -0.25) is 14.2 Å². The van der Waals surface area contributed by atoms with Gasteiger partial charge < -0.3 is 9.30 Å². The largest absolute Gasteiger partial charge is 0.472 e. The van der Waals surface area contributed by atoms with Gasteiger partial charge in [-0.2, -0.15) is 32.7 Å². The van der Waals surface area contributed by atoms with Crippen molar-refractivity contribution in [3.05, 3.63) is 52.1 Å². The number of alkyl halides is 3. The van der Waals surface area contributed by atoms with E-state index in [0.717, 1.165) is 5.56 Å². The van der Waals surface area contributed by atoms with Gasteiger partial charge >= 0.3 is 6.18 Å². The Hall–Kier alpha value is -3.77. The molecule has 0 radical (unpaired) electrons. The molecule has 0 spiro atoms. The lowest BCUT2D eigenvalue weighted by molar-refractivity contribution is -0.185. The maximum Gasteiger partial charge on any atom is 0.391 e. The number of nitrogens with zero attached hydrogens (tertiary/aromatic N) is 7.